The van der Waals surface area contributed by atoms with E-state index in [2.05, 4.69) is 20.6 Å². The normalized spacial score (nSPS) is 9.79. The largest absolute Gasteiger partial charge is 0.357 e. The average molecular weight is 257 g/mol. The molecular weight excluding hydrogens is 245 g/mol. The molecule has 0 aliphatic carbocycles. The van der Waals surface area contributed by atoms with Crippen molar-refractivity contribution in [2.24, 2.45) is 0 Å². The fourth-order valence-electron chi connectivity index (χ4n) is 1.57. The third-order valence-electron chi connectivity index (χ3n) is 2.44. The topological polar surface area (TPSA) is 73.6 Å². The molecule has 0 amide bonds. The van der Waals surface area contributed by atoms with Crippen LogP contribution in [-0.2, 0) is 0 Å². The second kappa shape index (κ2) is 5.31. The van der Waals surface area contributed by atoms with Crippen molar-refractivity contribution < 1.29 is 4.39 Å². The molecule has 19 heavy (non-hydrogen) atoms. The summed E-state index contributed by atoms with van der Waals surface area (Å²) in [4.78, 5) is 8.31. The number of rotatable bonds is 3. The standard InChI is InChI=1S/C13H12FN5/c1-8-5-12(19-13(16-2)17-8)18-11-4-3-9(7-15)6-10(11)14/h3-6H,1-2H3,(H2,16,17,18,19). The van der Waals surface area contributed by atoms with Gasteiger partial charge in [0.2, 0.25) is 5.95 Å². The number of nitrogens with zero attached hydrogens (tertiary/aromatic N) is 3. The third-order valence-corrected chi connectivity index (χ3v) is 2.44. The predicted octanol–water partition coefficient (Wildman–Crippen LogP) is 2.58. The molecule has 0 saturated heterocycles. The van der Waals surface area contributed by atoms with Crippen LogP contribution in [0.2, 0.25) is 0 Å². The number of hydrogen-bond donors (Lipinski definition) is 2. The van der Waals surface area contributed by atoms with Crippen molar-refractivity contribution in [2.75, 3.05) is 17.7 Å². The van der Waals surface area contributed by atoms with E-state index in [1.165, 1.54) is 12.1 Å². The molecule has 0 spiro atoms. The van der Waals surface area contributed by atoms with Gasteiger partial charge in [0.05, 0.1) is 17.3 Å². The third kappa shape index (κ3) is 2.96. The summed E-state index contributed by atoms with van der Waals surface area (Å²) in [6.07, 6.45) is 0. The van der Waals surface area contributed by atoms with E-state index < -0.39 is 5.82 Å². The van der Waals surface area contributed by atoms with Crippen LogP contribution in [0.1, 0.15) is 11.3 Å². The summed E-state index contributed by atoms with van der Waals surface area (Å²) >= 11 is 0. The van der Waals surface area contributed by atoms with E-state index in [9.17, 15) is 4.39 Å². The SMILES string of the molecule is CNc1nc(C)cc(Nc2ccc(C#N)cc2F)n1. The van der Waals surface area contributed by atoms with Crippen LogP contribution in [0.25, 0.3) is 0 Å². The van der Waals surface area contributed by atoms with Crippen molar-refractivity contribution in [1.82, 2.24) is 9.97 Å². The minimum Gasteiger partial charge on any atom is -0.357 e. The maximum atomic E-state index is 13.7. The lowest BCUT2D eigenvalue weighted by Crippen LogP contribution is -2.03. The van der Waals surface area contributed by atoms with Gasteiger partial charge in [-0.15, -0.1) is 0 Å². The predicted molar refractivity (Wildman–Crippen MR) is 70.7 cm³/mol. The van der Waals surface area contributed by atoms with Gasteiger partial charge in [-0.1, -0.05) is 0 Å². The van der Waals surface area contributed by atoms with Gasteiger partial charge in [-0.05, 0) is 25.1 Å². The van der Waals surface area contributed by atoms with E-state index in [4.69, 9.17) is 5.26 Å². The molecule has 0 atom stereocenters. The van der Waals surface area contributed by atoms with Crippen molar-refractivity contribution in [2.45, 2.75) is 6.92 Å². The maximum Gasteiger partial charge on any atom is 0.224 e. The molecular formula is C13H12FN5. The summed E-state index contributed by atoms with van der Waals surface area (Å²) in [5.74, 6) is 0.443. The fourth-order valence-corrected chi connectivity index (χ4v) is 1.57. The van der Waals surface area contributed by atoms with E-state index >= 15 is 0 Å². The molecule has 0 aliphatic heterocycles. The molecule has 2 rings (SSSR count). The Morgan fingerprint density at radius 3 is 2.68 bits per heavy atom. The highest BCUT2D eigenvalue weighted by Gasteiger charge is 2.06. The number of halogens is 1. The molecule has 0 aliphatic rings. The van der Waals surface area contributed by atoms with Crippen LogP contribution >= 0.6 is 0 Å². The van der Waals surface area contributed by atoms with Gasteiger partial charge in [0, 0.05) is 18.8 Å². The summed E-state index contributed by atoms with van der Waals surface area (Å²) in [6.45, 7) is 1.82. The van der Waals surface area contributed by atoms with Gasteiger partial charge in [-0.2, -0.15) is 10.2 Å². The molecule has 0 bridgehead atoms. The molecule has 5 nitrogen and oxygen atoms in total. The monoisotopic (exact) mass is 257 g/mol. The van der Waals surface area contributed by atoms with Gasteiger partial charge in [0.25, 0.3) is 0 Å². The van der Waals surface area contributed by atoms with Crippen LogP contribution in [-0.4, -0.2) is 17.0 Å². The smallest absolute Gasteiger partial charge is 0.224 e. The Balaban J connectivity index is 2.31. The van der Waals surface area contributed by atoms with Gasteiger partial charge < -0.3 is 10.6 Å². The molecule has 1 heterocycles. The molecule has 1 aromatic heterocycles. The summed E-state index contributed by atoms with van der Waals surface area (Å²) in [5.41, 5.74) is 1.30. The van der Waals surface area contributed by atoms with Crippen LogP contribution in [0.15, 0.2) is 24.3 Å². The second-order valence-corrected chi connectivity index (χ2v) is 3.90. The number of aromatic nitrogens is 2. The van der Waals surface area contributed by atoms with Crippen LogP contribution in [0.3, 0.4) is 0 Å². The number of nitriles is 1. The number of anilines is 3. The van der Waals surface area contributed by atoms with Crippen LogP contribution < -0.4 is 10.6 Å². The summed E-state index contributed by atoms with van der Waals surface area (Å²) in [6, 6.07) is 7.81. The summed E-state index contributed by atoms with van der Waals surface area (Å²) in [7, 11) is 1.71. The van der Waals surface area contributed by atoms with Crippen LogP contribution in [0.5, 0.6) is 0 Å². The first-order valence-corrected chi connectivity index (χ1v) is 5.62. The average Bonchev–Trinajstić information content (AvgIpc) is 2.40. The lowest BCUT2D eigenvalue weighted by molar-refractivity contribution is 0.631. The first-order valence-electron chi connectivity index (χ1n) is 5.62. The van der Waals surface area contributed by atoms with Crippen molar-refractivity contribution >= 4 is 17.5 Å². The van der Waals surface area contributed by atoms with E-state index in [1.54, 1.807) is 19.2 Å². The van der Waals surface area contributed by atoms with E-state index in [1.807, 2.05) is 13.0 Å². The fraction of sp³-hybridized carbons (Fsp3) is 0.154. The Morgan fingerprint density at radius 1 is 1.26 bits per heavy atom. The number of hydrogen-bond acceptors (Lipinski definition) is 5. The minimum absolute atomic E-state index is 0.263. The summed E-state index contributed by atoms with van der Waals surface area (Å²) in [5, 5.41) is 14.4. The minimum atomic E-state index is -0.499. The van der Waals surface area contributed by atoms with Crippen molar-refractivity contribution in [3.8, 4) is 6.07 Å². The molecule has 0 fully saturated rings. The lowest BCUT2D eigenvalue weighted by atomic mass is 10.2. The highest BCUT2D eigenvalue weighted by atomic mass is 19.1. The van der Waals surface area contributed by atoms with Gasteiger partial charge >= 0.3 is 0 Å². The Morgan fingerprint density at radius 2 is 2.05 bits per heavy atom. The van der Waals surface area contributed by atoms with E-state index in [0.717, 1.165) is 5.69 Å². The zero-order chi connectivity index (χ0) is 13.8. The van der Waals surface area contributed by atoms with Crippen molar-refractivity contribution in [1.29, 1.82) is 5.26 Å². The second-order valence-electron chi connectivity index (χ2n) is 3.90. The molecule has 6 heteroatoms. The molecule has 2 N–H and O–H groups in total. The molecule has 0 saturated carbocycles. The zero-order valence-electron chi connectivity index (χ0n) is 10.5. The Bertz CT molecular complexity index is 648. The van der Waals surface area contributed by atoms with Gasteiger partial charge in [0.1, 0.15) is 11.6 Å². The van der Waals surface area contributed by atoms with Crippen molar-refractivity contribution in [3.63, 3.8) is 0 Å². The first kappa shape index (κ1) is 12.8. The first-order chi connectivity index (χ1) is 9.12. The van der Waals surface area contributed by atoms with Crippen molar-refractivity contribution in [3.05, 3.63) is 41.3 Å². The van der Waals surface area contributed by atoms with E-state index in [0.29, 0.717) is 11.8 Å². The van der Waals surface area contributed by atoms with E-state index in [-0.39, 0.29) is 11.3 Å². The van der Waals surface area contributed by atoms with Crippen LogP contribution in [0.4, 0.5) is 21.8 Å². The zero-order valence-corrected chi connectivity index (χ0v) is 10.5. The number of aryl methyl sites for hydroxylation is 1. The number of benzene rings is 1. The lowest BCUT2D eigenvalue weighted by Gasteiger charge is -2.09. The number of nitrogens with one attached hydrogen (secondary N) is 2. The maximum absolute atomic E-state index is 13.7. The molecule has 1 aromatic carbocycles. The molecule has 0 unspecified atom stereocenters. The molecule has 0 radical (unpaired) electrons. The quantitative estimate of drug-likeness (QED) is 0.884. The van der Waals surface area contributed by atoms with Gasteiger partial charge in [0.15, 0.2) is 0 Å². The summed E-state index contributed by atoms with van der Waals surface area (Å²) < 4.78 is 13.7. The Labute approximate surface area is 110 Å². The Kier molecular flexibility index (Phi) is 3.57. The van der Waals surface area contributed by atoms with Gasteiger partial charge in [-0.25, -0.2) is 9.37 Å². The van der Waals surface area contributed by atoms with Gasteiger partial charge in [-0.3, -0.25) is 0 Å². The Hall–Kier alpha value is -2.68. The molecule has 96 valence electrons. The molecule has 2 aromatic rings. The highest BCUT2D eigenvalue weighted by Crippen LogP contribution is 2.20. The highest BCUT2D eigenvalue weighted by molar-refractivity contribution is 5.59. The van der Waals surface area contributed by atoms with Crippen LogP contribution in [0, 0.1) is 24.1 Å².